The van der Waals surface area contributed by atoms with E-state index in [2.05, 4.69) is 10.5 Å². The second-order valence-electron chi connectivity index (χ2n) is 4.95. The van der Waals surface area contributed by atoms with Crippen molar-refractivity contribution in [3.05, 3.63) is 64.2 Å². The minimum absolute atomic E-state index is 0.0115. The van der Waals surface area contributed by atoms with E-state index in [-0.39, 0.29) is 12.3 Å². The van der Waals surface area contributed by atoms with Gasteiger partial charge in [0.2, 0.25) is 6.10 Å². The van der Waals surface area contributed by atoms with Gasteiger partial charge in [0.05, 0.1) is 11.1 Å². The fourth-order valence-corrected chi connectivity index (χ4v) is 2.07. The van der Waals surface area contributed by atoms with E-state index in [4.69, 9.17) is 9.47 Å². The van der Waals surface area contributed by atoms with Crippen LogP contribution in [0.15, 0.2) is 53.6 Å². The van der Waals surface area contributed by atoms with Crippen LogP contribution >= 0.6 is 0 Å². The molecule has 1 aliphatic rings. The molecule has 1 atom stereocenters. The number of nitrogens with one attached hydrogen (secondary N) is 1. The number of nitro benzene ring substituents is 1. The highest BCUT2D eigenvalue weighted by Crippen LogP contribution is 2.30. The third-order valence-electron chi connectivity index (χ3n) is 3.29. The average Bonchev–Trinajstić information content (AvgIpc) is 2.61. The van der Waals surface area contributed by atoms with Gasteiger partial charge in [-0.1, -0.05) is 12.1 Å². The first-order valence-electron chi connectivity index (χ1n) is 7.09. The Morgan fingerprint density at radius 1 is 1.21 bits per heavy atom. The van der Waals surface area contributed by atoms with E-state index >= 15 is 0 Å². The van der Waals surface area contributed by atoms with Gasteiger partial charge in [-0.05, 0) is 29.8 Å². The molecule has 0 aromatic heterocycles. The van der Waals surface area contributed by atoms with Crippen LogP contribution in [0.1, 0.15) is 5.56 Å². The molecule has 0 bridgehead atoms. The molecule has 0 spiro atoms. The second-order valence-corrected chi connectivity index (χ2v) is 4.95. The number of benzene rings is 2. The number of non-ortho nitro benzene ring substituents is 1. The van der Waals surface area contributed by atoms with Crippen LogP contribution in [0.2, 0.25) is 0 Å². The molecule has 1 N–H and O–H groups in total. The zero-order valence-corrected chi connectivity index (χ0v) is 12.4. The molecule has 0 aliphatic carbocycles. The molecule has 8 nitrogen and oxygen atoms in total. The number of ether oxygens (including phenoxy) is 2. The normalized spacial score (nSPS) is 15.9. The number of rotatable bonds is 4. The molecule has 2 aromatic carbocycles. The number of carbonyl (C=O) groups excluding carboxylic acids is 1. The van der Waals surface area contributed by atoms with Crippen LogP contribution in [0.25, 0.3) is 0 Å². The second kappa shape index (κ2) is 6.78. The van der Waals surface area contributed by atoms with Crippen LogP contribution in [0.5, 0.6) is 11.5 Å². The molecule has 2 aromatic rings. The summed E-state index contributed by atoms with van der Waals surface area (Å²) in [7, 11) is 0. The summed E-state index contributed by atoms with van der Waals surface area (Å²) < 4.78 is 11.0. The Labute approximate surface area is 136 Å². The topological polar surface area (TPSA) is 103 Å². The molecule has 122 valence electrons. The van der Waals surface area contributed by atoms with Crippen molar-refractivity contribution in [2.24, 2.45) is 5.10 Å². The van der Waals surface area contributed by atoms with Crippen LogP contribution < -0.4 is 14.9 Å². The lowest BCUT2D eigenvalue weighted by Crippen LogP contribution is -2.42. The maximum absolute atomic E-state index is 12.0. The zero-order chi connectivity index (χ0) is 16.9. The summed E-state index contributed by atoms with van der Waals surface area (Å²) in [5, 5.41) is 14.4. The quantitative estimate of drug-likeness (QED) is 0.525. The van der Waals surface area contributed by atoms with Crippen molar-refractivity contribution in [1.82, 2.24) is 5.43 Å². The molecule has 0 saturated heterocycles. The summed E-state index contributed by atoms with van der Waals surface area (Å²) in [5.41, 5.74) is 2.97. The first-order chi connectivity index (χ1) is 11.6. The maximum Gasteiger partial charge on any atom is 0.284 e. The van der Waals surface area contributed by atoms with Gasteiger partial charge in [0.15, 0.2) is 11.5 Å². The molecule has 24 heavy (non-hydrogen) atoms. The van der Waals surface area contributed by atoms with Gasteiger partial charge in [0, 0.05) is 12.1 Å². The summed E-state index contributed by atoms with van der Waals surface area (Å²) in [6, 6.07) is 12.9. The maximum atomic E-state index is 12.0. The van der Waals surface area contributed by atoms with Gasteiger partial charge in [0.1, 0.15) is 6.61 Å². The first kappa shape index (κ1) is 15.5. The SMILES string of the molecule is O=C(NN=Cc1ccc([N+](=O)[O-])cc1)[C@H]1COc2ccccc2O1. The Morgan fingerprint density at radius 2 is 1.92 bits per heavy atom. The average molecular weight is 327 g/mol. The van der Waals surface area contributed by atoms with Crippen LogP contribution in [-0.4, -0.2) is 29.8 Å². The number of hydrogen-bond acceptors (Lipinski definition) is 6. The van der Waals surface area contributed by atoms with E-state index in [0.29, 0.717) is 17.1 Å². The van der Waals surface area contributed by atoms with E-state index < -0.39 is 16.9 Å². The fraction of sp³-hybridized carbons (Fsp3) is 0.125. The number of fused-ring (bicyclic) bond motifs is 1. The van der Waals surface area contributed by atoms with E-state index in [1.807, 2.05) is 6.07 Å². The predicted octanol–water partition coefficient (Wildman–Crippen LogP) is 1.88. The molecule has 0 fully saturated rings. The summed E-state index contributed by atoms with van der Waals surface area (Å²) in [6.45, 7) is 0.0932. The zero-order valence-electron chi connectivity index (χ0n) is 12.4. The Bertz CT molecular complexity index is 789. The highest BCUT2D eigenvalue weighted by atomic mass is 16.6. The first-order valence-corrected chi connectivity index (χ1v) is 7.09. The van der Waals surface area contributed by atoms with E-state index in [0.717, 1.165) is 0 Å². The minimum atomic E-state index is -0.797. The highest BCUT2D eigenvalue weighted by Gasteiger charge is 2.26. The number of nitrogens with zero attached hydrogens (tertiary/aromatic N) is 2. The van der Waals surface area contributed by atoms with Crippen molar-refractivity contribution < 1.29 is 19.2 Å². The third kappa shape index (κ3) is 3.49. The molecule has 0 unspecified atom stereocenters. The van der Waals surface area contributed by atoms with Gasteiger partial charge in [-0.25, -0.2) is 5.43 Å². The molecule has 1 heterocycles. The number of amides is 1. The molecule has 1 amide bonds. The van der Waals surface area contributed by atoms with Gasteiger partial charge in [-0.15, -0.1) is 0 Å². The van der Waals surface area contributed by atoms with Crippen molar-refractivity contribution in [2.75, 3.05) is 6.61 Å². The monoisotopic (exact) mass is 327 g/mol. The van der Waals surface area contributed by atoms with E-state index in [1.165, 1.54) is 30.5 Å². The number of carbonyl (C=O) groups is 1. The fourth-order valence-electron chi connectivity index (χ4n) is 2.07. The van der Waals surface area contributed by atoms with Crippen LogP contribution in [0.4, 0.5) is 5.69 Å². The Kier molecular flexibility index (Phi) is 4.37. The Hall–Kier alpha value is -3.42. The summed E-state index contributed by atoms with van der Waals surface area (Å²) in [6.07, 6.45) is 0.591. The predicted molar refractivity (Wildman–Crippen MR) is 85.2 cm³/mol. The summed E-state index contributed by atoms with van der Waals surface area (Å²) in [4.78, 5) is 22.1. The Balaban J connectivity index is 1.57. The van der Waals surface area contributed by atoms with Crippen molar-refractivity contribution in [2.45, 2.75) is 6.10 Å². The van der Waals surface area contributed by atoms with E-state index in [1.54, 1.807) is 18.2 Å². The van der Waals surface area contributed by atoms with E-state index in [9.17, 15) is 14.9 Å². The van der Waals surface area contributed by atoms with Crippen molar-refractivity contribution in [3.8, 4) is 11.5 Å². The molecule has 0 saturated carbocycles. The minimum Gasteiger partial charge on any atom is -0.485 e. The smallest absolute Gasteiger partial charge is 0.284 e. The van der Waals surface area contributed by atoms with Gasteiger partial charge in [-0.3, -0.25) is 14.9 Å². The molecular formula is C16H13N3O5. The van der Waals surface area contributed by atoms with Crippen LogP contribution in [0.3, 0.4) is 0 Å². The summed E-state index contributed by atoms with van der Waals surface area (Å²) in [5.74, 6) is 0.654. The lowest BCUT2D eigenvalue weighted by atomic mass is 10.2. The van der Waals surface area contributed by atoms with Crippen LogP contribution in [0, 0.1) is 10.1 Å². The number of para-hydroxylation sites is 2. The van der Waals surface area contributed by atoms with Crippen molar-refractivity contribution in [1.29, 1.82) is 0 Å². The van der Waals surface area contributed by atoms with Crippen LogP contribution in [-0.2, 0) is 4.79 Å². The lowest BCUT2D eigenvalue weighted by Gasteiger charge is -2.24. The molecule has 1 aliphatic heterocycles. The number of hydrazone groups is 1. The molecule has 0 radical (unpaired) electrons. The number of hydrogen-bond donors (Lipinski definition) is 1. The number of nitro groups is 1. The Morgan fingerprint density at radius 3 is 2.62 bits per heavy atom. The van der Waals surface area contributed by atoms with Crippen molar-refractivity contribution >= 4 is 17.8 Å². The van der Waals surface area contributed by atoms with Gasteiger partial charge < -0.3 is 9.47 Å². The highest BCUT2D eigenvalue weighted by molar-refractivity contribution is 5.85. The molecule has 8 heteroatoms. The largest absolute Gasteiger partial charge is 0.485 e. The molecule has 3 rings (SSSR count). The molecular weight excluding hydrogens is 314 g/mol. The van der Waals surface area contributed by atoms with Gasteiger partial charge >= 0.3 is 0 Å². The lowest BCUT2D eigenvalue weighted by molar-refractivity contribution is -0.384. The van der Waals surface area contributed by atoms with Gasteiger partial charge in [0.25, 0.3) is 11.6 Å². The standard InChI is InChI=1S/C16H13N3O5/c20-16(15-10-23-13-3-1-2-4-14(13)24-15)18-17-9-11-5-7-12(8-6-11)19(21)22/h1-9,15H,10H2,(H,18,20)/t15-/m1/s1. The van der Waals surface area contributed by atoms with Crippen molar-refractivity contribution in [3.63, 3.8) is 0 Å². The third-order valence-corrected chi connectivity index (χ3v) is 3.29. The van der Waals surface area contributed by atoms with Gasteiger partial charge in [-0.2, -0.15) is 5.10 Å². The summed E-state index contributed by atoms with van der Waals surface area (Å²) >= 11 is 0.